The monoisotopic (exact) mass is 386 g/mol. The van der Waals surface area contributed by atoms with E-state index < -0.39 is 23.6 Å². The van der Waals surface area contributed by atoms with Crippen LogP contribution in [0.3, 0.4) is 0 Å². The Morgan fingerprint density at radius 1 is 1.28 bits per heavy atom. The molecule has 0 aliphatic carbocycles. The van der Waals surface area contributed by atoms with Gasteiger partial charge in [0.2, 0.25) is 0 Å². The van der Waals surface area contributed by atoms with E-state index in [-0.39, 0.29) is 27.9 Å². The minimum Gasteiger partial charge on any atom is -0.465 e. The minimum absolute atomic E-state index is 0.0795. The van der Waals surface area contributed by atoms with Crippen molar-refractivity contribution in [3.8, 4) is 0 Å². The summed E-state index contributed by atoms with van der Waals surface area (Å²) in [5.74, 6) is -2.63. The first-order chi connectivity index (χ1) is 11.8. The molecule has 1 aromatic carbocycles. The van der Waals surface area contributed by atoms with Crippen LogP contribution < -0.4 is 5.32 Å². The molecule has 1 aromatic rings. The van der Waals surface area contributed by atoms with E-state index in [0.717, 1.165) is 6.21 Å². The number of ether oxygens (including phenoxy) is 1. The van der Waals surface area contributed by atoms with E-state index in [2.05, 4.69) is 10.3 Å². The number of hydrogen-bond donors (Lipinski definition) is 1. The Balaban J connectivity index is 3.14. The summed E-state index contributed by atoms with van der Waals surface area (Å²) in [6.07, 6.45) is 1.79. The number of benzene rings is 1. The molecule has 0 aliphatic heterocycles. The molecule has 1 amide bonds. The summed E-state index contributed by atoms with van der Waals surface area (Å²) in [7, 11) is 0. The summed E-state index contributed by atoms with van der Waals surface area (Å²) in [5.41, 5.74) is 0.348. The lowest BCUT2D eigenvalue weighted by molar-refractivity contribution is -0.148. The lowest BCUT2D eigenvalue weighted by atomic mass is 10.1. The number of ketones is 1. The predicted molar refractivity (Wildman–Crippen MR) is 98.0 cm³/mol. The van der Waals surface area contributed by atoms with Gasteiger partial charge >= 0.3 is 5.97 Å². The fourth-order valence-corrected chi connectivity index (χ4v) is 2.33. The van der Waals surface area contributed by atoms with Crippen LogP contribution in [0.1, 0.15) is 37.6 Å². The Bertz CT molecular complexity index is 689. The lowest BCUT2D eigenvalue weighted by Gasteiger charge is -2.10. The third-order valence-electron chi connectivity index (χ3n) is 3.10. The van der Waals surface area contributed by atoms with Gasteiger partial charge in [-0.05, 0) is 32.4 Å². The third-order valence-corrected chi connectivity index (χ3v) is 3.72. The second-order valence-electron chi connectivity index (χ2n) is 5.18. The van der Waals surface area contributed by atoms with Crippen molar-refractivity contribution in [1.29, 1.82) is 0 Å². The Labute approximate surface area is 156 Å². The molecule has 25 heavy (non-hydrogen) atoms. The van der Waals surface area contributed by atoms with Gasteiger partial charge < -0.3 is 10.1 Å². The summed E-state index contributed by atoms with van der Waals surface area (Å²) in [6, 6.07) is 2.86. The maximum absolute atomic E-state index is 12.0. The molecular formula is C17H20Cl2N2O4. The smallest absolute Gasteiger partial charge is 0.321 e. The second-order valence-corrected chi connectivity index (χ2v) is 5.99. The third kappa shape index (κ3) is 6.14. The number of Topliss-reactive ketones (excluding diaryl/α,β-unsaturated/α-hetero) is 1. The largest absolute Gasteiger partial charge is 0.465 e. The number of carbonyl (C=O) groups is 3. The molecule has 0 saturated carbocycles. The van der Waals surface area contributed by atoms with Crippen LogP contribution in [0.15, 0.2) is 17.1 Å². The number of carbonyl (C=O) groups excluding carboxylic acids is 3. The van der Waals surface area contributed by atoms with Crippen molar-refractivity contribution >= 4 is 52.8 Å². The molecule has 0 aromatic heterocycles. The number of halogens is 2. The molecule has 0 heterocycles. The highest BCUT2D eigenvalue weighted by Gasteiger charge is 2.23. The van der Waals surface area contributed by atoms with Gasteiger partial charge in [0.15, 0.2) is 5.92 Å². The number of amides is 1. The van der Waals surface area contributed by atoms with Gasteiger partial charge in [0, 0.05) is 17.8 Å². The molecule has 0 bridgehead atoms. The molecule has 1 rings (SSSR count). The Kier molecular flexibility index (Phi) is 8.58. The Morgan fingerprint density at radius 3 is 2.52 bits per heavy atom. The van der Waals surface area contributed by atoms with Crippen molar-refractivity contribution in [2.24, 2.45) is 10.9 Å². The maximum atomic E-state index is 12.0. The van der Waals surface area contributed by atoms with Gasteiger partial charge in [0.1, 0.15) is 5.78 Å². The molecule has 0 aliphatic rings. The minimum atomic E-state index is -1.14. The Hall–Kier alpha value is -1.92. The lowest BCUT2D eigenvalue weighted by Crippen LogP contribution is -2.26. The van der Waals surface area contributed by atoms with Gasteiger partial charge in [-0.3, -0.25) is 19.4 Å². The first kappa shape index (κ1) is 21.1. The molecular weight excluding hydrogens is 367 g/mol. The summed E-state index contributed by atoms with van der Waals surface area (Å²) < 4.78 is 4.98. The van der Waals surface area contributed by atoms with Crippen LogP contribution in [0.5, 0.6) is 0 Å². The number of hydrogen-bond acceptors (Lipinski definition) is 5. The van der Waals surface area contributed by atoms with Crippen LogP contribution in [0, 0.1) is 5.92 Å². The first-order valence-corrected chi connectivity index (χ1v) is 8.55. The van der Waals surface area contributed by atoms with Crippen LogP contribution in [0.4, 0.5) is 5.69 Å². The highest BCUT2D eigenvalue weighted by molar-refractivity contribution is 6.38. The molecule has 1 N–H and O–H groups in total. The predicted octanol–water partition coefficient (Wildman–Crippen LogP) is 3.60. The van der Waals surface area contributed by atoms with Crippen LogP contribution in [0.25, 0.3) is 0 Å². The molecule has 0 spiro atoms. The van der Waals surface area contributed by atoms with Crippen molar-refractivity contribution in [1.82, 2.24) is 5.32 Å². The average Bonchev–Trinajstić information content (AvgIpc) is 2.55. The van der Waals surface area contributed by atoms with E-state index in [9.17, 15) is 14.4 Å². The van der Waals surface area contributed by atoms with E-state index in [4.69, 9.17) is 27.9 Å². The summed E-state index contributed by atoms with van der Waals surface area (Å²) in [5, 5.41) is 2.95. The van der Waals surface area contributed by atoms with Gasteiger partial charge in [0.25, 0.3) is 5.91 Å². The van der Waals surface area contributed by atoms with Crippen molar-refractivity contribution in [2.45, 2.75) is 27.2 Å². The van der Waals surface area contributed by atoms with E-state index >= 15 is 0 Å². The zero-order valence-corrected chi connectivity index (χ0v) is 15.8. The van der Waals surface area contributed by atoms with E-state index in [1.807, 2.05) is 6.92 Å². The molecule has 136 valence electrons. The number of aliphatic imine (C=N–C) groups is 1. The van der Waals surface area contributed by atoms with Gasteiger partial charge in [-0.25, -0.2) is 0 Å². The van der Waals surface area contributed by atoms with E-state index in [1.165, 1.54) is 19.1 Å². The van der Waals surface area contributed by atoms with Gasteiger partial charge in [-0.15, -0.1) is 0 Å². The summed E-state index contributed by atoms with van der Waals surface area (Å²) in [6.45, 7) is 5.53. The highest BCUT2D eigenvalue weighted by atomic mass is 35.5. The molecule has 8 heteroatoms. The van der Waals surface area contributed by atoms with Gasteiger partial charge in [-0.2, -0.15) is 0 Å². The Morgan fingerprint density at radius 2 is 1.96 bits per heavy atom. The first-order valence-electron chi connectivity index (χ1n) is 7.80. The SMILES string of the molecule is CCCOC(=O)C(C=Nc1cc(Cl)cc(C(=O)NCC)c1Cl)C(C)=O. The fourth-order valence-electron chi connectivity index (χ4n) is 1.87. The fraction of sp³-hybridized carbons (Fsp3) is 0.412. The molecule has 1 unspecified atom stereocenters. The van der Waals surface area contributed by atoms with Gasteiger partial charge in [-0.1, -0.05) is 30.1 Å². The van der Waals surface area contributed by atoms with Crippen molar-refractivity contribution in [2.75, 3.05) is 13.2 Å². The number of esters is 1. The van der Waals surface area contributed by atoms with Crippen LogP contribution in [-0.2, 0) is 14.3 Å². The number of nitrogens with one attached hydrogen (secondary N) is 1. The molecule has 0 radical (unpaired) electrons. The van der Waals surface area contributed by atoms with E-state index in [0.29, 0.717) is 13.0 Å². The second kappa shape index (κ2) is 10.2. The van der Waals surface area contributed by atoms with Crippen LogP contribution in [-0.4, -0.2) is 37.0 Å². The zero-order chi connectivity index (χ0) is 19.0. The van der Waals surface area contributed by atoms with Crippen molar-refractivity contribution < 1.29 is 19.1 Å². The maximum Gasteiger partial charge on any atom is 0.321 e. The number of rotatable bonds is 8. The average molecular weight is 387 g/mol. The van der Waals surface area contributed by atoms with E-state index in [1.54, 1.807) is 6.92 Å². The molecule has 0 fully saturated rings. The number of nitrogens with zero attached hydrogens (tertiary/aromatic N) is 1. The molecule has 0 saturated heterocycles. The highest BCUT2D eigenvalue weighted by Crippen LogP contribution is 2.32. The zero-order valence-electron chi connectivity index (χ0n) is 14.3. The van der Waals surface area contributed by atoms with Crippen molar-refractivity contribution in [3.05, 3.63) is 27.7 Å². The van der Waals surface area contributed by atoms with Crippen molar-refractivity contribution in [3.63, 3.8) is 0 Å². The van der Waals surface area contributed by atoms with Crippen LogP contribution >= 0.6 is 23.2 Å². The normalized spacial score (nSPS) is 12.0. The standard InChI is InChI=1S/C17H20Cl2N2O4/c1-4-6-25-17(24)13(10(3)22)9-21-14-8-11(18)7-12(15(14)19)16(23)20-5-2/h7-9,13H,4-6H2,1-3H3,(H,20,23). The quantitative estimate of drug-likeness (QED) is 0.420. The summed E-state index contributed by atoms with van der Waals surface area (Å²) in [4.78, 5) is 39.7. The summed E-state index contributed by atoms with van der Waals surface area (Å²) >= 11 is 12.2. The van der Waals surface area contributed by atoms with Crippen LogP contribution in [0.2, 0.25) is 10.0 Å². The molecule has 1 atom stereocenters. The topological polar surface area (TPSA) is 84.8 Å². The molecule has 6 nitrogen and oxygen atoms in total. The van der Waals surface area contributed by atoms with Gasteiger partial charge in [0.05, 0.1) is 22.9 Å².